The Morgan fingerprint density at radius 2 is 2.13 bits per heavy atom. The quantitative estimate of drug-likeness (QED) is 0.680. The molecule has 1 aromatic rings. The fourth-order valence-corrected chi connectivity index (χ4v) is 1.83. The first kappa shape index (κ1) is 12.3. The van der Waals surface area contributed by atoms with Gasteiger partial charge in [-0.2, -0.15) is 0 Å². The Morgan fingerprint density at radius 3 is 2.80 bits per heavy atom. The van der Waals surface area contributed by atoms with Crippen LogP contribution in [-0.4, -0.2) is 24.7 Å². The molecule has 0 amide bonds. The highest BCUT2D eigenvalue weighted by Gasteiger charge is 2.17. The minimum Gasteiger partial charge on any atom is -0.508 e. The van der Waals surface area contributed by atoms with Gasteiger partial charge in [-0.3, -0.25) is 0 Å². The summed E-state index contributed by atoms with van der Waals surface area (Å²) in [5, 5.41) is 16.4. The molecule has 1 aromatic carbocycles. The normalized spacial score (nSPS) is 20.7. The van der Waals surface area contributed by atoms with E-state index in [0.29, 0.717) is 5.75 Å². The third-order valence-corrected chi connectivity index (χ3v) is 2.60. The third kappa shape index (κ3) is 2.84. The molecule has 84 valence electrons. The van der Waals surface area contributed by atoms with Gasteiger partial charge in [-0.25, -0.2) is 0 Å². The monoisotopic (exact) mass is 228 g/mol. The summed E-state index contributed by atoms with van der Waals surface area (Å²) in [7, 11) is 0. The molecule has 3 N–H and O–H groups in total. The van der Waals surface area contributed by atoms with Gasteiger partial charge in [0, 0.05) is 31.2 Å². The first-order chi connectivity index (χ1) is 6.77. The van der Waals surface area contributed by atoms with Gasteiger partial charge in [0.1, 0.15) is 5.75 Å². The maximum atomic E-state index is 9.72. The Hall–Kier alpha value is -0.770. The number of hydrogen-bond donors (Lipinski definition) is 3. The molecule has 3 nitrogen and oxygen atoms in total. The molecule has 0 aliphatic carbocycles. The van der Waals surface area contributed by atoms with Crippen LogP contribution in [0.25, 0.3) is 0 Å². The van der Waals surface area contributed by atoms with Crippen LogP contribution in [0.2, 0.25) is 0 Å². The van der Waals surface area contributed by atoms with Crippen LogP contribution >= 0.6 is 12.4 Å². The number of phenolic OH excluding ortho intramolecular Hbond substituents is 1. The average molecular weight is 229 g/mol. The second kappa shape index (κ2) is 5.35. The summed E-state index contributed by atoms with van der Waals surface area (Å²) >= 11 is 0. The van der Waals surface area contributed by atoms with Gasteiger partial charge in [0.05, 0.1) is 0 Å². The first-order valence-electron chi connectivity index (χ1n) is 5.01. The number of halogens is 1. The van der Waals surface area contributed by atoms with Crippen molar-refractivity contribution in [2.45, 2.75) is 13.0 Å². The predicted octanol–water partition coefficient (Wildman–Crippen LogP) is 1.36. The van der Waals surface area contributed by atoms with Crippen molar-refractivity contribution < 1.29 is 5.11 Å². The standard InChI is InChI=1S/C11H16N2O.ClH/c1-8-2-3-11(14)9(6-8)10-7-12-4-5-13-10;/h2-3,6,10,12-14H,4-5,7H2,1H3;1H/t10-;/m1./s1. The van der Waals surface area contributed by atoms with E-state index >= 15 is 0 Å². The highest BCUT2D eigenvalue weighted by molar-refractivity contribution is 5.85. The lowest BCUT2D eigenvalue weighted by Crippen LogP contribution is -2.42. The fourth-order valence-electron chi connectivity index (χ4n) is 1.83. The molecule has 1 saturated heterocycles. The topological polar surface area (TPSA) is 44.3 Å². The lowest BCUT2D eigenvalue weighted by atomic mass is 10.0. The lowest BCUT2D eigenvalue weighted by Gasteiger charge is -2.25. The number of piperazine rings is 1. The van der Waals surface area contributed by atoms with Crippen LogP contribution in [-0.2, 0) is 0 Å². The lowest BCUT2D eigenvalue weighted by molar-refractivity contribution is 0.404. The van der Waals surface area contributed by atoms with Crippen molar-refractivity contribution in [3.05, 3.63) is 29.3 Å². The number of aryl methyl sites for hydroxylation is 1. The maximum Gasteiger partial charge on any atom is 0.120 e. The summed E-state index contributed by atoms with van der Waals surface area (Å²) in [6.07, 6.45) is 0. The van der Waals surface area contributed by atoms with E-state index < -0.39 is 0 Å². The molecule has 2 rings (SSSR count). The van der Waals surface area contributed by atoms with Crippen LogP contribution in [0.15, 0.2) is 18.2 Å². The zero-order valence-electron chi connectivity index (χ0n) is 8.79. The van der Waals surface area contributed by atoms with E-state index in [2.05, 4.69) is 10.6 Å². The number of phenols is 1. The molecule has 15 heavy (non-hydrogen) atoms. The smallest absolute Gasteiger partial charge is 0.120 e. The van der Waals surface area contributed by atoms with Crippen molar-refractivity contribution in [3.8, 4) is 5.75 Å². The number of rotatable bonds is 1. The maximum absolute atomic E-state index is 9.72. The van der Waals surface area contributed by atoms with Gasteiger partial charge >= 0.3 is 0 Å². The summed E-state index contributed by atoms with van der Waals surface area (Å²) in [6, 6.07) is 5.97. The minimum absolute atomic E-state index is 0. The van der Waals surface area contributed by atoms with Crippen molar-refractivity contribution in [1.82, 2.24) is 10.6 Å². The Labute approximate surface area is 96.3 Å². The summed E-state index contributed by atoms with van der Waals surface area (Å²) in [4.78, 5) is 0. The van der Waals surface area contributed by atoms with Crippen LogP contribution in [0.4, 0.5) is 0 Å². The van der Waals surface area contributed by atoms with Gasteiger partial charge in [0.15, 0.2) is 0 Å². The van der Waals surface area contributed by atoms with E-state index in [-0.39, 0.29) is 18.4 Å². The molecule has 1 fully saturated rings. The second-order valence-electron chi connectivity index (χ2n) is 3.77. The Morgan fingerprint density at radius 1 is 1.33 bits per heavy atom. The average Bonchev–Trinajstić information content (AvgIpc) is 2.23. The van der Waals surface area contributed by atoms with Crippen LogP contribution in [0.3, 0.4) is 0 Å². The summed E-state index contributed by atoms with van der Waals surface area (Å²) in [5.74, 6) is 0.386. The van der Waals surface area contributed by atoms with Crippen molar-refractivity contribution in [3.63, 3.8) is 0 Å². The van der Waals surface area contributed by atoms with Crippen molar-refractivity contribution >= 4 is 12.4 Å². The SMILES string of the molecule is Cc1ccc(O)c([C@H]2CNCCN2)c1.Cl. The van der Waals surface area contributed by atoms with E-state index in [1.54, 1.807) is 6.07 Å². The molecule has 4 heteroatoms. The Balaban J connectivity index is 0.00000112. The Bertz CT molecular complexity index is 324. The number of aromatic hydroxyl groups is 1. The van der Waals surface area contributed by atoms with Crippen LogP contribution < -0.4 is 10.6 Å². The highest BCUT2D eigenvalue weighted by Crippen LogP contribution is 2.25. The van der Waals surface area contributed by atoms with Gasteiger partial charge in [-0.15, -0.1) is 12.4 Å². The molecule has 1 atom stereocenters. The van der Waals surface area contributed by atoms with E-state index in [9.17, 15) is 5.11 Å². The molecule has 0 radical (unpaired) electrons. The van der Waals surface area contributed by atoms with Gasteiger partial charge < -0.3 is 15.7 Å². The second-order valence-corrected chi connectivity index (χ2v) is 3.77. The molecule has 1 aliphatic heterocycles. The molecular weight excluding hydrogens is 212 g/mol. The van der Waals surface area contributed by atoms with Crippen LogP contribution in [0.1, 0.15) is 17.2 Å². The van der Waals surface area contributed by atoms with E-state index in [4.69, 9.17) is 0 Å². The van der Waals surface area contributed by atoms with Crippen molar-refractivity contribution in [2.24, 2.45) is 0 Å². The van der Waals surface area contributed by atoms with Crippen molar-refractivity contribution in [1.29, 1.82) is 0 Å². The molecular formula is C11H17ClN2O. The van der Waals surface area contributed by atoms with E-state index in [0.717, 1.165) is 25.2 Å². The van der Waals surface area contributed by atoms with Crippen molar-refractivity contribution in [2.75, 3.05) is 19.6 Å². The molecule has 0 spiro atoms. The first-order valence-corrected chi connectivity index (χ1v) is 5.01. The van der Waals surface area contributed by atoms with E-state index in [1.807, 2.05) is 19.1 Å². The zero-order valence-corrected chi connectivity index (χ0v) is 9.60. The number of hydrogen-bond acceptors (Lipinski definition) is 3. The molecule has 0 bridgehead atoms. The van der Waals surface area contributed by atoms with Gasteiger partial charge in [-0.05, 0) is 13.0 Å². The third-order valence-electron chi connectivity index (χ3n) is 2.60. The fraction of sp³-hybridized carbons (Fsp3) is 0.455. The largest absolute Gasteiger partial charge is 0.508 e. The molecule has 0 aromatic heterocycles. The zero-order chi connectivity index (χ0) is 9.97. The summed E-state index contributed by atoms with van der Waals surface area (Å²) in [6.45, 7) is 4.89. The summed E-state index contributed by atoms with van der Waals surface area (Å²) in [5.41, 5.74) is 2.18. The highest BCUT2D eigenvalue weighted by atomic mass is 35.5. The Kier molecular flexibility index (Phi) is 4.39. The van der Waals surface area contributed by atoms with Crippen LogP contribution in [0.5, 0.6) is 5.75 Å². The van der Waals surface area contributed by atoms with Crippen LogP contribution in [0, 0.1) is 6.92 Å². The van der Waals surface area contributed by atoms with Gasteiger partial charge in [-0.1, -0.05) is 17.7 Å². The molecule has 0 unspecified atom stereocenters. The number of nitrogens with one attached hydrogen (secondary N) is 2. The number of benzene rings is 1. The molecule has 0 saturated carbocycles. The molecule has 1 heterocycles. The van der Waals surface area contributed by atoms with Gasteiger partial charge in [0.2, 0.25) is 0 Å². The summed E-state index contributed by atoms with van der Waals surface area (Å²) < 4.78 is 0. The predicted molar refractivity (Wildman–Crippen MR) is 63.7 cm³/mol. The van der Waals surface area contributed by atoms with Gasteiger partial charge in [0.25, 0.3) is 0 Å². The minimum atomic E-state index is 0. The van der Waals surface area contributed by atoms with E-state index in [1.165, 1.54) is 5.56 Å². The molecule has 1 aliphatic rings.